The first kappa shape index (κ1) is 26.0. The second-order valence-corrected chi connectivity index (χ2v) is 9.47. The molecule has 5 nitrogen and oxygen atoms in total. The molecule has 0 aliphatic heterocycles. The van der Waals surface area contributed by atoms with Crippen LogP contribution < -0.4 is 10.9 Å². The number of halogens is 1. The summed E-state index contributed by atoms with van der Waals surface area (Å²) in [6.45, 7) is 3.88. The Labute approximate surface area is 216 Å². The standard InChI is InChI=1S/C31H31FN2O3/c1-21(35)8-6-7-11-28-19-26-18-25(30(36)33-22(2)24-12-15-27(32)16-13-24)14-17-29(26)31(37)34(28)20-23-9-4-3-5-10-23/h3-5,9-10,12-19,22H,6-8,11,20H2,1-2H3,(H,33,36). The molecule has 0 spiro atoms. The molecule has 1 heterocycles. The van der Waals surface area contributed by atoms with Crippen molar-refractivity contribution in [2.45, 2.75) is 52.1 Å². The average Bonchev–Trinajstić information content (AvgIpc) is 2.89. The number of amides is 1. The lowest BCUT2D eigenvalue weighted by atomic mass is 10.0. The minimum Gasteiger partial charge on any atom is -0.346 e. The van der Waals surface area contributed by atoms with Gasteiger partial charge in [-0.05, 0) is 86.0 Å². The van der Waals surface area contributed by atoms with Gasteiger partial charge in [0.1, 0.15) is 11.6 Å². The molecule has 190 valence electrons. The second-order valence-electron chi connectivity index (χ2n) is 9.47. The monoisotopic (exact) mass is 498 g/mol. The van der Waals surface area contributed by atoms with Crippen molar-refractivity contribution < 1.29 is 14.0 Å². The summed E-state index contributed by atoms with van der Waals surface area (Å²) in [5.41, 5.74) is 3.05. The lowest BCUT2D eigenvalue weighted by molar-refractivity contribution is -0.117. The molecule has 0 bridgehead atoms. The van der Waals surface area contributed by atoms with Crippen molar-refractivity contribution in [3.8, 4) is 0 Å². The Morgan fingerprint density at radius 3 is 2.38 bits per heavy atom. The van der Waals surface area contributed by atoms with Crippen LogP contribution in [0.2, 0.25) is 0 Å². The summed E-state index contributed by atoms with van der Waals surface area (Å²) in [5.74, 6) is -0.437. The Kier molecular flexibility index (Phi) is 8.29. The van der Waals surface area contributed by atoms with Gasteiger partial charge >= 0.3 is 0 Å². The van der Waals surface area contributed by atoms with Gasteiger partial charge in [-0.15, -0.1) is 0 Å². The van der Waals surface area contributed by atoms with Crippen LogP contribution in [0.15, 0.2) is 83.7 Å². The number of carbonyl (C=O) groups excluding carboxylic acids is 2. The first-order valence-electron chi connectivity index (χ1n) is 12.6. The molecular formula is C31H31FN2O3. The minimum absolute atomic E-state index is 0.102. The highest BCUT2D eigenvalue weighted by Gasteiger charge is 2.15. The Hall–Kier alpha value is -4.06. The van der Waals surface area contributed by atoms with Gasteiger partial charge in [-0.1, -0.05) is 42.5 Å². The molecule has 0 fully saturated rings. The van der Waals surface area contributed by atoms with Crippen LogP contribution in [0.5, 0.6) is 0 Å². The van der Waals surface area contributed by atoms with Crippen molar-refractivity contribution in [3.05, 3.63) is 117 Å². The zero-order chi connectivity index (χ0) is 26.4. The summed E-state index contributed by atoms with van der Waals surface area (Å²) >= 11 is 0. The molecule has 0 aliphatic carbocycles. The molecule has 1 amide bonds. The Balaban J connectivity index is 1.63. The van der Waals surface area contributed by atoms with Gasteiger partial charge in [-0.3, -0.25) is 9.59 Å². The molecule has 0 saturated heterocycles. The molecule has 0 saturated carbocycles. The number of hydrogen-bond acceptors (Lipinski definition) is 3. The van der Waals surface area contributed by atoms with Crippen molar-refractivity contribution >= 4 is 22.5 Å². The number of fused-ring (bicyclic) bond motifs is 1. The largest absolute Gasteiger partial charge is 0.346 e. The van der Waals surface area contributed by atoms with Crippen molar-refractivity contribution in [2.75, 3.05) is 0 Å². The number of aryl methyl sites for hydroxylation is 1. The van der Waals surface area contributed by atoms with Gasteiger partial charge in [0.15, 0.2) is 0 Å². The van der Waals surface area contributed by atoms with E-state index in [9.17, 15) is 18.8 Å². The van der Waals surface area contributed by atoms with Gasteiger partial charge < -0.3 is 14.7 Å². The molecule has 3 aromatic carbocycles. The fraction of sp³-hybridized carbons (Fsp3) is 0.258. The average molecular weight is 499 g/mol. The quantitative estimate of drug-likeness (QED) is 0.274. The number of nitrogens with zero attached hydrogens (tertiary/aromatic N) is 1. The fourth-order valence-corrected chi connectivity index (χ4v) is 4.49. The fourth-order valence-electron chi connectivity index (χ4n) is 4.49. The van der Waals surface area contributed by atoms with Gasteiger partial charge in [-0.25, -0.2) is 4.39 Å². The number of unbranched alkanes of at least 4 members (excludes halogenated alkanes) is 1. The highest BCUT2D eigenvalue weighted by atomic mass is 19.1. The zero-order valence-electron chi connectivity index (χ0n) is 21.2. The lowest BCUT2D eigenvalue weighted by Gasteiger charge is -2.17. The molecule has 1 unspecified atom stereocenters. The Morgan fingerprint density at radius 1 is 0.946 bits per heavy atom. The van der Waals surface area contributed by atoms with Crippen molar-refractivity contribution in [2.24, 2.45) is 0 Å². The molecule has 1 atom stereocenters. The second kappa shape index (κ2) is 11.8. The molecule has 1 aromatic heterocycles. The third kappa shape index (κ3) is 6.58. The third-order valence-electron chi connectivity index (χ3n) is 6.57. The number of pyridine rings is 1. The maximum absolute atomic E-state index is 13.5. The molecule has 37 heavy (non-hydrogen) atoms. The van der Waals surface area contributed by atoms with Crippen LogP contribution in [0.3, 0.4) is 0 Å². The summed E-state index contributed by atoms with van der Waals surface area (Å²) in [7, 11) is 0. The normalized spacial score (nSPS) is 11.9. The van der Waals surface area contributed by atoms with E-state index in [0.29, 0.717) is 35.7 Å². The summed E-state index contributed by atoms with van der Waals surface area (Å²) in [5, 5.41) is 4.20. The van der Waals surface area contributed by atoms with E-state index in [1.165, 1.54) is 12.1 Å². The number of Topliss-reactive ketones (excluding diaryl/α,β-unsaturated/α-hetero) is 1. The Bertz CT molecular complexity index is 1460. The van der Waals surface area contributed by atoms with E-state index in [1.54, 1.807) is 41.8 Å². The van der Waals surface area contributed by atoms with Crippen LogP contribution >= 0.6 is 0 Å². The first-order chi connectivity index (χ1) is 17.8. The SMILES string of the molecule is CC(=O)CCCCc1cc2cc(C(=O)NC(C)c3ccc(F)cc3)ccc2c(=O)n1Cc1ccccc1. The number of benzene rings is 3. The van der Waals surface area contributed by atoms with Crippen LogP contribution in [0.1, 0.15) is 66.3 Å². The van der Waals surface area contributed by atoms with Crippen LogP contribution in [-0.4, -0.2) is 16.3 Å². The van der Waals surface area contributed by atoms with Crippen LogP contribution in [0.25, 0.3) is 10.8 Å². The predicted molar refractivity (Wildman–Crippen MR) is 144 cm³/mol. The zero-order valence-corrected chi connectivity index (χ0v) is 21.2. The predicted octanol–water partition coefficient (Wildman–Crippen LogP) is 5.98. The van der Waals surface area contributed by atoms with Crippen LogP contribution in [0.4, 0.5) is 4.39 Å². The van der Waals surface area contributed by atoms with E-state index < -0.39 is 0 Å². The number of nitrogens with one attached hydrogen (secondary N) is 1. The van der Waals surface area contributed by atoms with E-state index in [2.05, 4.69) is 5.32 Å². The summed E-state index contributed by atoms with van der Waals surface area (Å²) in [6, 6.07) is 22.6. The van der Waals surface area contributed by atoms with E-state index in [4.69, 9.17) is 0 Å². The molecule has 1 N–H and O–H groups in total. The van der Waals surface area contributed by atoms with Crippen molar-refractivity contribution in [3.63, 3.8) is 0 Å². The van der Waals surface area contributed by atoms with Gasteiger partial charge in [0, 0.05) is 23.1 Å². The van der Waals surface area contributed by atoms with Crippen LogP contribution in [0, 0.1) is 5.82 Å². The molecule has 0 radical (unpaired) electrons. The Morgan fingerprint density at radius 2 is 1.68 bits per heavy atom. The molecule has 4 rings (SSSR count). The maximum Gasteiger partial charge on any atom is 0.258 e. The van der Waals surface area contributed by atoms with E-state index in [1.807, 2.05) is 43.3 Å². The van der Waals surface area contributed by atoms with E-state index in [0.717, 1.165) is 29.7 Å². The molecule has 0 aliphatic rings. The highest BCUT2D eigenvalue weighted by Crippen LogP contribution is 2.19. The number of ketones is 1. The molecule has 4 aromatic rings. The highest BCUT2D eigenvalue weighted by molar-refractivity contribution is 5.98. The van der Waals surface area contributed by atoms with Gasteiger partial charge in [0.05, 0.1) is 12.6 Å². The van der Waals surface area contributed by atoms with Gasteiger partial charge in [0.25, 0.3) is 11.5 Å². The maximum atomic E-state index is 13.5. The lowest BCUT2D eigenvalue weighted by Crippen LogP contribution is -2.27. The third-order valence-corrected chi connectivity index (χ3v) is 6.57. The first-order valence-corrected chi connectivity index (χ1v) is 12.6. The summed E-state index contributed by atoms with van der Waals surface area (Å²) in [4.78, 5) is 37.9. The number of hydrogen-bond donors (Lipinski definition) is 1. The van der Waals surface area contributed by atoms with Crippen molar-refractivity contribution in [1.82, 2.24) is 9.88 Å². The van der Waals surface area contributed by atoms with Crippen molar-refractivity contribution in [1.29, 1.82) is 0 Å². The smallest absolute Gasteiger partial charge is 0.258 e. The van der Waals surface area contributed by atoms with E-state index in [-0.39, 0.29) is 29.1 Å². The summed E-state index contributed by atoms with van der Waals surface area (Å²) in [6.07, 6.45) is 2.72. The number of aromatic nitrogens is 1. The molecule has 6 heteroatoms. The number of rotatable bonds is 10. The summed E-state index contributed by atoms with van der Waals surface area (Å²) < 4.78 is 15.0. The number of carbonyl (C=O) groups is 2. The van der Waals surface area contributed by atoms with E-state index >= 15 is 0 Å². The van der Waals surface area contributed by atoms with Gasteiger partial charge in [0.2, 0.25) is 0 Å². The molecular weight excluding hydrogens is 467 g/mol. The topological polar surface area (TPSA) is 68.2 Å². The van der Waals surface area contributed by atoms with Gasteiger partial charge in [-0.2, -0.15) is 0 Å². The minimum atomic E-state index is -0.327. The van der Waals surface area contributed by atoms with Crippen LogP contribution in [-0.2, 0) is 17.8 Å².